The molecule has 1 rings (SSSR count). The minimum Gasteiger partial charge on any atom is -0.313 e. The fourth-order valence-corrected chi connectivity index (χ4v) is 2.32. The van der Waals surface area contributed by atoms with Gasteiger partial charge in [-0.1, -0.05) is 6.07 Å². The van der Waals surface area contributed by atoms with Crippen molar-refractivity contribution in [2.24, 2.45) is 0 Å². The molecular weight excluding hydrogens is 224 g/mol. The molecule has 0 aromatic carbocycles. The van der Waals surface area contributed by atoms with Gasteiger partial charge in [-0.05, 0) is 32.0 Å². The highest BCUT2D eigenvalue weighted by Crippen LogP contribution is 2.19. The van der Waals surface area contributed by atoms with E-state index < -0.39 is 9.84 Å². The minimum absolute atomic E-state index is 0.0448. The molecule has 0 aliphatic rings. The van der Waals surface area contributed by atoms with Crippen LogP contribution in [0.4, 0.5) is 0 Å². The fraction of sp³-hybridized carbons (Fsp3) is 0.545. The molecule has 0 amide bonds. The molecule has 1 aromatic rings. The van der Waals surface area contributed by atoms with Crippen molar-refractivity contribution >= 4 is 9.84 Å². The Bertz CT molecular complexity index is 443. The third-order valence-corrected chi connectivity index (χ3v) is 3.53. The Kier molecular flexibility index (Phi) is 4.44. The second-order valence-electron chi connectivity index (χ2n) is 3.94. The van der Waals surface area contributed by atoms with E-state index in [9.17, 15) is 8.42 Å². The van der Waals surface area contributed by atoms with Crippen LogP contribution in [0.3, 0.4) is 0 Å². The topological polar surface area (TPSA) is 59.1 Å². The largest absolute Gasteiger partial charge is 0.313 e. The van der Waals surface area contributed by atoms with Crippen molar-refractivity contribution in [1.82, 2.24) is 10.3 Å². The van der Waals surface area contributed by atoms with Crippen molar-refractivity contribution in [1.29, 1.82) is 0 Å². The summed E-state index contributed by atoms with van der Waals surface area (Å²) in [5, 5.41) is 3.13. The van der Waals surface area contributed by atoms with E-state index in [1.807, 2.05) is 26.1 Å². The molecule has 16 heavy (non-hydrogen) atoms. The van der Waals surface area contributed by atoms with Gasteiger partial charge in [0.2, 0.25) is 0 Å². The second-order valence-corrected chi connectivity index (χ2v) is 6.20. The predicted octanol–water partition coefficient (Wildman–Crippen LogP) is 1.09. The molecular formula is C11H18N2O2S. The lowest BCUT2D eigenvalue weighted by molar-refractivity contribution is 0.555. The van der Waals surface area contributed by atoms with Crippen LogP contribution in [0.1, 0.15) is 23.7 Å². The van der Waals surface area contributed by atoms with Gasteiger partial charge in [-0.3, -0.25) is 4.98 Å². The normalized spacial score (nSPS) is 13.7. The first-order valence-corrected chi connectivity index (χ1v) is 7.26. The molecule has 1 atom stereocenters. The summed E-state index contributed by atoms with van der Waals surface area (Å²) in [6.45, 7) is 1.93. The average Bonchev–Trinajstić information content (AvgIpc) is 2.20. The second kappa shape index (κ2) is 5.41. The van der Waals surface area contributed by atoms with E-state index in [0.717, 1.165) is 11.3 Å². The van der Waals surface area contributed by atoms with Crippen molar-refractivity contribution in [3.63, 3.8) is 0 Å². The van der Waals surface area contributed by atoms with Gasteiger partial charge < -0.3 is 5.32 Å². The molecule has 5 heteroatoms. The number of hydrogen-bond donors (Lipinski definition) is 1. The predicted molar refractivity (Wildman–Crippen MR) is 65.1 cm³/mol. The smallest absolute Gasteiger partial charge is 0.147 e. The Morgan fingerprint density at radius 3 is 2.69 bits per heavy atom. The number of rotatable bonds is 5. The van der Waals surface area contributed by atoms with E-state index in [1.54, 1.807) is 6.20 Å². The van der Waals surface area contributed by atoms with Gasteiger partial charge in [-0.25, -0.2) is 8.42 Å². The van der Waals surface area contributed by atoms with Crippen LogP contribution in [-0.2, 0) is 9.84 Å². The molecule has 0 aliphatic carbocycles. The summed E-state index contributed by atoms with van der Waals surface area (Å²) in [7, 11) is -1.08. The van der Waals surface area contributed by atoms with Crippen LogP contribution in [-0.4, -0.2) is 32.5 Å². The molecule has 1 aromatic heterocycles. The Morgan fingerprint density at radius 1 is 1.50 bits per heavy atom. The van der Waals surface area contributed by atoms with Gasteiger partial charge in [0, 0.05) is 24.2 Å². The molecule has 1 heterocycles. The van der Waals surface area contributed by atoms with Crippen molar-refractivity contribution in [3.8, 4) is 0 Å². The summed E-state index contributed by atoms with van der Waals surface area (Å²) in [6.07, 6.45) is 3.57. The van der Waals surface area contributed by atoms with Crippen LogP contribution in [0.2, 0.25) is 0 Å². The molecule has 4 nitrogen and oxygen atoms in total. The first-order chi connectivity index (χ1) is 7.44. The molecule has 0 spiro atoms. The van der Waals surface area contributed by atoms with Crippen LogP contribution in [0.25, 0.3) is 0 Å². The molecule has 1 unspecified atom stereocenters. The molecule has 1 N–H and O–H groups in total. The quantitative estimate of drug-likeness (QED) is 0.839. The highest BCUT2D eigenvalue weighted by molar-refractivity contribution is 7.90. The van der Waals surface area contributed by atoms with E-state index in [4.69, 9.17) is 0 Å². The number of aryl methyl sites for hydroxylation is 1. The van der Waals surface area contributed by atoms with E-state index in [0.29, 0.717) is 6.42 Å². The van der Waals surface area contributed by atoms with Crippen molar-refractivity contribution in [2.45, 2.75) is 19.4 Å². The lowest BCUT2D eigenvalue weighted by Crippen LogP contribution is -2.21. The van der Waals surface area contributed by atoms with Gasteiger partial charge in [-0.2, -0.15) is 0 Å². The average molecular weight is 242 g/mol. The SMILES string of the molecule is CNC(CCS(C)(=O)=O)c1cccnc1C. The van der Waals surface area contributed by atoms with Gasteiger partial charge in [-0.15, -0.1) is 0 Å². The Hall–Kier alpha value is -0.940. The molecule has 0 aliphatic heterocycles. The van der Waals surface area contributed by atoms with Gasteiger partial charge in [0.1, 0.15) is 9.84 Å². The number of sulfone groups is 1. The standard InChI is InChI=1S/C11H18N2O2S/c1-9-10(5-4-7-13-9)11(12-2)6-8-16(3,14)15/h4-5,7,11-12H,6,8H2,1-3H3. The molecule has 0 fully saturated rings. The number of nitrogens with zero attached hydrogens (tertiary/aromatic N) is 1. The number of pyridine rings is 1. The van der Waals surface area contributed by atoms with E-state index in [1.165, 1.54) is 6.26 Å². The summed E-state index contributed by atoms with van der Waals surface area (Å²) >= 11 is 0. The molecule has 0 saturated heterocycles. The zero-order chi connectivity index (χ0) is 12.2. The first-order valence-electron chi connectivity index (χ1n) is 5.20. The summed E-state index contributed by atoms with van der Waals surface area (Å²) in [5.41, 5.74) is 2.00. The maximum absolute atomic E-state index is 11.1. The summed E-state index contributed by atoms with van der Waals surface area (Å²) in [5.74, 6) is 0.187. The van der Waals surface area contributed by atoms with Gasteiger partial charge in [0.25, 0.3) is 0 Å². The van der Waals surface area contributed by atoms with Gasteiger partial charge in [0.05, 0.1) is 5.75 Å². The first kappa shape index (κ1) is 13.1. The third-order valence-electron chi connectivity index (χ3n) is 2.55. The number of aromatic nitrogens is 1. The monoisotopic (exact) mass is 242 g/mol. The van der Waals surface area contributed by atoms with Crippen molar-refractivity contribution in [3.05, 3.63) is 29.6 Å². The zero-order valence-electron chi connectivity index (χ0n) is 9.90. The Morgan fingerprint density at radius 2 is 2.19 bits per heavy atom. The lowest BCUT2D eigenvalue weighted by atomic mass is 10.0. The van der Waals surface area contributed by atoms with E-state index in [2.05, 4.69) is 10.3 Å². The van der Waals surface area contributed by atoms with Gasteiger partial charge in [0.15, 0.2) is 0 Å². The highest BCUT2D eigenvalue weighted by Gasteiger charge is 2.14. The van der Waals surface area contributed by atoms with Crippen LogP contribution < -0.4 is 5.32 Å². The van der Waals surface area contributed by atoms with E-state index in [-0.39, 0.29) is 11.8 Å². The zero-order valence-corrected chi connectivity index (χ0v) is 10.7. The maximum Gasteiger partial charge on any atom is 0.147 e. The van der Waals surface area contributed by atoms with Crippen molar-refractivity contribution < 1.29 is 8.42 Å². The minimum atomic E-state index is -2.91. The summed E-state index contributed by atoms with van der Waals surface area (Å²) in [4.78, 5) is 4.20. The van der Waals surface area contributed by atoms with Crippen molar-refractivity contribution in [2.75, 3.05) is 19.1 Å². The summed E-state index contributed by atoms with van der Waals surface area (Å²) < 4.78 is 22.2. The molecule has 90 valence electrons. The molecule has 0 bridgehead atoms. The van der Waals surface area contributed by atoms with Crippen LogP contribution in [0.15, 0.2) is 18.3 Å². The van der Waals surface area contributed by atoms with Crippen LogP contribution >= 0.6 is 0 Å². The lowest BCUT2D eigenvalue weighted by Gasteiger charge is -2.17. The molecule has 0 saturated carbocycles. The number of hydrogen-bond acceptors (Lipinski definition) is 4. The highest BCUT2D eigenvalue weighted by atomic mass is 32.2. The van der Waals surface area contributed by atoms with Gasteiger partial charge >= 0.3 is 0 Å². The third kappa shape index (κ3) is 3.90. The molecule has 0 radical (unpaired) electrons. The summed E-state index contributed by atoms with van der Waals surface area (Å²) in [6, 6.07) is 3.89. The van der Waals surface area contributed by atoms with Crippen LogP contribution in [0, 0.1) is 6.92 Å². The fourth-order valence-electron chi connectivity index (χ4n) is 1.65. The van der Waals surface area contributed by atoms with E-state index >= 15 is 0 Å². The Labute approximate surface area is 97.0 Å². The Balaban J connectivity index is 2.79. The van der Waals surface area contributed by atoms with Crippen LogP contribution in [0.5, 0.6) is 0 Å². The maximum atomic E-state index is 11.1. The number of nitrogens with one attached hydrogen (secondary N) is 1.